The van der Waals surface area contributed by atoms with Crippen molar-refractivity contribution >= 4 is 0 Å². The van der Waals surface area contributed by atoms with E-state index in [4.69, 9.17) is 0 Å². The molecule has 0 N–H and O–H groups in total. The third kappa shape index (κ3) is 2.58. The van der Waals surface area contributed by atoms with E-state index in [9.17, 15) is 0 Å². The molecule has 0 amide bonds. The molecule has 2 heteroatoms. The Hall–Kier alpha value is -0.790. The summed E-state index contributed by atoms with van der Waals surface area (Å²) in [5, 5.41) is 0. The van der Waals surface area contributed by atoms with Gasteiger partial charge in [-0.05, 0) is 18.8 Å². The summed E-state index contributed by atoms with van der Waals surface area (Å²) in [5.41, 5.74) is 0. The number of hydrogen-bond donors (Lipinski definition) is 0. The highest BCUT2D eigenvalue weighted by atomic mass is 15.0. The lowest BCUT2D eigenvalue weighted by Gasteiger charge is -2.13. The normalized spacial score (nSPS) is 20.0. The minimum Gasteiger partial charge on any atom is -0.336 e. The van der Waals surface area contributed by atoms with Crippen molar-refractivity contribution in [3.05, 3.63) is 18.7 Å². The van der Waals surface area contributed by atoms with Crippen molar-refractivity contribution in [1.29, 1.82) is 0 Å². The van der Waals surface area contributed by atoms with Crippen molar-refractivity contribution < 1.29 is 0 Å². The maximum Gasteiger partial charge on any atom is 0.108 e. The van der Waals surface area contributed by atoms with E-state index in [2.05, 4.69) is 15.7 Å². The fourth-order valence-corrected chi connectivity index (χ4v) is 2.19. The maximum atomic E-state index is 3.95. The first-order valence-electron chi connectivity index (χ1n) is 5.33. The van der Waals surface area contributed by atoms with E-state index in [1.54, 1.807) is 0 Å². The summed E-state index contributed by atoms with van der Waals surface area (Å²) in [7, 11) is 0. The Labute approximate surface area is 80.0 Å². The van der Waals surface area contributed by atoms with Crippen LogP contribution in [-0.4, -0.2) is 9.55 Å². The molecule has 2 rings (SSSR count). The molecule has 1 fully saturated rings. The Kier molecular flexibility index (Phi) is 3.01. The van der Waals surface area contributed by atoms with Gasteiger partial charge in [0.15, 0.2) is 0 Å². The largest absolute Gasteiger partial charge is 0.336 e. The molecule has 13 heavy (non-hydrogen) atoms. The van der Waals surface area contributed by atoms with Gasteiger partial charge in [-0.15, -0.1) is 0 Å². The summed E-state index contributed by atoms with van der Waals surface area (Å²) in [6.45, 7) is 1.15. The highest BCUT2D eigenvalue weighted by molar-refractivity contribution is 4.74. The number of rotatable bonds is 2. The molecule has 0 aromatic carbocycles. The van der Waals surface area contributed by atoms with Gasteiger partial charge in [-0.1, -0.05) is 25.7 Å². The fraction of sp³-hybridized carbons (Fsp3) is 0.727. The van der Waals surface area contributed by atoms with E-state index in [-0.39, 0.29) is 0 Å². The molecule has 1 aliphatic rings. The Bertz CT molecular complexity index is 220. The highest BCUT2D eigenvalue weighted by Gasteiger charge is 2.12. The van der Waals surface area contributed by atoms with Crippen LogP contribution in [0, 0.1) is 12.1 Å². The van der Waals surface area contributed by atoms with Crippen LogP contribution < -0.4 is 0 Å². The topological polar surface area (TPSA) is 17.8 Å². The van der Waals surface area contributed by atoms with Crippen molar-refractivity contribution in [2.45, 2.75) is 45.1 Å². The highest BCUT2D eigenvalue weighted by Crippen LogP contribution is 2.23. The minimum absolute atomic E-state index is 0.880. The molecule has 0 spiro atoms. The molecule has 0 unspecified atom stereocenters. The molecule has 0 atom stereocenters. The molecule has 1 aromatic rings. The second-order valence-corrected chi connectivity index (χ2v) is 4.06. The Balaban J connectivity index is 1.86. The summed E-state index contributed by atoms with van der Waals surface area (Å²) >= 11 is 0. The Morgan fingerprint density at radius 3 is 2.62 bits per heavy atom. The van der Waals surface area contributed by atoms with Crippen LogP contribution in [-0.2, 0) is 6.54 Å². The lowest BCUT2D eigenvalue weighted by molar-refractivity contribution is 0.395. The van der Waals surface area contributed by atoms with Gasteiger partial charge in [-0.2, -0.15) is 0 Å². The van der Waals surface area contributed by atoms with Crippen LogP contribution in [0.2, 0.25) is 0 Å². The molecular formula is C11H17N2. The van der Waals surface area contributed by atoms with Gasteiger partial charge in [0.05, 0.1) is 6.33 Å². The van der Waals surface area contributed by atoms with Gasteiger partial charge >= 0.3 is 0 Å². The van der Waals surface area contributed by atoms with Gasteiger partial charge in [-0.3, -0.25) is 0 Å². The van der Waals surface area contributed by atoms with Crippen molar-refractivity contribution in [2.75, 3.05) is 0 Å². The molecule has 1 aliphatic carbocycles. The Morgan fingerprint density at radius 2 is 2.00 bits per heavy atom. The standard InChI is InChI=1S/C11H17N2/c1-2-4-6-11(5-3-1)9-13-8-7-12-10-13/h8,10-11H,1-6,9H2. The predicted molar refractivity (Wildman–Crippen MR) is 52.3 cm³/mol. The van der Waals surface area contributed by atoms with E-state index < -0.39 is 0 Å². The zero-order valence-corrected chi connectivity index (χ0v) is 8.08. The molecule has 1 heterocycles. The first-order valence-corrected chi connectivity index (χ1v) is 5.33. The van der Waals surface area contributed by atoms with Crippen molar-refractivity contribution in [3.8, 4) is 0 Å². The SMILES string of the molecule is [c]1cn(CC2CCCCCC2)cn1. The van der Waals surface area contributed by atoms with Gasteiger partial charge in [-0.25, -0.2) is 4.98 Å². The molecule has 0 aliphatic heterocycles. The van der Waals surface area contributed by atoms with Crippen LogP contribution in [0.25, 0.3) is 0 Å². The molecular weight excluding hydrogens is 160 g/mol. The van der Waals surface area contributed by atoms with Crippen molar-refractivity contribution in [3.63, 3.8) is 0 Å². The van der Waals surface area contributed by atoms with Crippen LogP contribution in [0.3, 0.4) is 0 Å². The van der Waals surface area contributed by atoms with Crippen LogP contribution in [0.15, 0.2) is 12.5 Å². The predicted octanol–water partition coefficient (Wildman–Crippen LogP) is 2.65. The summed E-state index contributed by atoms with van der Waals surface area (Å²) < 4.78 is 2.16. The molecule has 71 valence electrons. The van der Waals surface area contributed by atoms with Crippen LogP contribution in [0.1, 0.15) is 38.5 Å². The van der Waals surface area contributed by atoms with Gasteiger partial charge in [0.1, 0.15) is 6.20 Å². The summed E-state index contributed by atoms with van der Waals surface area (Å²) in [4.78, 5) is 3.95. The fourth-order valence-electron chi connectivity index (χ4n) is 2.19. The number of imidazole rings is 1. The summed E-state index contributed by atoms with van der Waals surface area (Å²) in [6, 6.07) is 0. The monoisotopic (exact) mass is 177 g/mol. The molecule has 2 nitrogen and oxygen atoms in total. The van der Waals surface area contributed by atoms with E-state index >= 15 is 0 Å². The molecule has 1 saturated carbocycles. The lowest BCUT2D eigenvalue weighted by Crippen LogP contribution is -2.08. The third-order valence-corrected chi connectivity index (χ3v) is 2.95. The average Bonchev–Trinajstić information content (AvgIpc) is 2.49. The van der Waals surface area contributed by atoms with Gasteiger partial charge in [0, 0.05) is 12.7 Å². The quantitative estimate of drug-likeness (QED) is 0.635. The van der Waals surface area contributed by atoms with Crippen LogP contribution in [0.5, 0.6) is 0 Å². The van der Waals surface area contributed by atoms with E-state index in [1.165, 1.54) is 38.5 Å². The van der Waals surface area contributed by atoms with E-state index in [0.717, 1.165) is 12.5 Å². The molecule has 1 radical (unpaired) electrons. The third-order valence-electron chi connectivity index (χ3n) is 2.95. The van der Waals surface area contributed by atoms with E-state index in [1.807, 2.05) is 12.5 Å². The summed E-state index contributed by atoms with van der Waals surface area (Å²) in [6.07, 6.45) is 15.2. The van der Waals surface area contributed by atoms with Crippen molar-refractivity contribution in [2.24, 2.45) is 5.92 Å². The zero-order chi connectivity index (χ0) is 8.93. The number of aromatic nitrogens is 2. The molecule has 1 aromatic heterocycles. The number of nitrogens with zero attached hydrogens (tertiary/aromatic N) is 2. The first-order chi connectivity index (χ1) is 6.45. The second-order valence-electron chi connectivity index (χ2n) is 4.06. The average molecular weight is 177 g/mol. The van der Waals surface area contributed by atoms with Gasteiger partial charge in [0.25, 0.3) is 0 Å². The minimum atomic E-state index is 0.880. The molecule has 0 bridgehead atoms. The second kappa shape index (κ2) is 4.45. The number of hydrogen-bond acceptors (Lipinski definition) is 1. The van der Waals surface area contributed by atoms with Crippen molar-refractivity contribution in [1.82, 2.24) is 9.55 Å². The molecule has 0 saturated heterocycles. The Morgan fingerprint density at radius 1 is 1.23 bits per heavy atom. The van der Waals surface area contributed by atoms with Crippen LogP contribution in [0.4, 0.5) is 0 Å². The van der Waals surface area contributed by atoms with E-state index in [0.29, 0.717) is 0 Å². The van der Waals surface area contributed by atoms with Gasteiger partial charge in [0.2, 0.25) is 0 Å². The lowest BCUT2D eigenvalue weighted by atomic mass is 10.0. The zero-order valence-electron chi connectivity index (χ0n) is 8.08. The first kappa shape index (κ1) is 8.79. The maximum absolute atomic E-state index is 3.95. The smallest absolute Gasteiger partial charge is 0.108 e. The van der Waals surface area contributed by atoms with Crippen LogP contribution >= 0.6 is 0 Å². The summed E-state index contributed by atoms with van der Waals surface area (Å²) in [5.74, 6) is 0.880. The van der Waals surface area contributed by atoms with Gasteiger partial charge < -0.3 is 4.57 Å².